The molecule has 2 nitrogen and oxygen atoms in total. The summed E-state index contributed by atoms with van der Waals surface area (Å²) in [5.74, 6) is 0.114. The van der Waals surface area contributed by atoms with Gasteiger partial charge in [0.1, 0.15) is 0 Å². The smallest absolute Gasteiger partial charge is 0.200 e. The summed E-state index contributed by atoms with van der Waals surface area (Å²) >= 11 is 1.56. The second-order valence-corrected chi connectivity index (χ2v) is 7.85. The molecule has 0 amide bonds. The van der Waals surface area contributed by atoms with Gasteiger partial charge in [0.15, 0.2) is 0 Å². The van der Waals surface area contributed by atoms with Crippen LogP contribution in [0.5, 0.6) is 0 Å². The van der Waals surface area contributed by atoms with Crippen molar-refractivity contribution in [1.82, 2.24) is 4.98 Å². The van der Waals surface area contributed by atoms with Gasteiger partial charge >= 0.3 is 0 Å². The van der Waals surface area contributed by atoms with Gasteiger partial charge in [-0.05, 0) is 36.8 Å². The zero-order valence-electron chi connectivity index (χ0n) is 14.8. The summed E-state index contributed by atoms with van der Waals surface area (Å²) in [7, 11) is 0. The molecule has 0 bridgehead atoms. The number of Topliss-reactive ketones (excluding diaryl/α,β-unsaturated/α-hetero) is 1. The lowest BCUT2D eigenvalue weighted by Gasteiger charge is -2.02. The molecule has 1 aliphatic rings. The Kier molecular flexibility index (Phi) is 3.76. The second-order valence-electron chi connectivity index (χ2n) is 6.76. The van der Waals surface area contributed by atoms with E-state index in [0.29, 0.717) is 0 Å². The molecule has 1 aliphatic heterocycles. The van der Waals surface area contributed by atoms with Crippen LogP contribution in [0.1, 0.15) is 21.5 Å². The van der Waals surface area contributed by atoms with E-state index in [0.717, 1.165) is 48.7 Å². The molecule has 0 atom stereocenters. The lowest BCUT2D eigenvalue weighted by molar-refractivity contribution is 0.104. The summed E-state index contributed by atoms with van der Waals surface area (Å²) in [4.78, 5) is 18.3. The van der Waals surface area contributed by atoms with Crippen LogP contribution in [-0.4, -0.2) is 10.8 Å². The SMILES string of the molecule is Cc1ccc2c(c1)C(=O)/C(=C/c1c(-c3ccccc3)[nH]c3ccccc13)S2. The Hall–Kier alpha value is -3.04. The van der Waals surface area contributed by atoms with Crippen LogP contribution in [0.3, 0.4) is 0 Å². The van der Waals surface area contributed by atoms with Crippen molar-refractivity contribution in [1.29, 1.82) is 0 Å². The number of H-pyrrole nitrogens is 1. The van der Waals surface area contributed by atoms with Gasteiger partial charge in [-0.3, -0.25) is 4.79 Å². The molecule has 4 aromatic rings. The highest BCUT2D eigenvalue weighted by atomic mass is 32.2. The molecule has 0 unspecified atom stereocenters. The zero-order valence-corrected chi connectivity index (χ0v) is 15.6. The zero-order chi connectivity index (χ0) is 18.4. The highest BCUT2D eigenvalue weighted by molar-refractivity contribution is 8.04. The number of para-hydroxylation sites is 1. The van der Waals surface area contributed by atoms with E-state index in [4.69, 9.17) is 0 Å². The molecule has 130 valence electrons. The summed E-state index contributed by atoms with van der Waals surface area (Å²) in [5, 5.41) is 1.13. The highest BCUT2D eigenvalue weighted by Gasteiger charge is 2.26. The van der Waals surface area contributed by atoms with Crippen LogP contribution in [0.25, 0.3) is 28.2 Å². The summed E-state index contributed by atoms with van der Waals surface area (Å²) in [6, 6.07) is 24.6. The number of benzene rings is 3. The molecule has 2 heterocycles. The van der Waals surface area contributed by atoms with Gasteiger partial charge in [-0.25, -0.2) is 0 Å². The van der Waals surface area contributed by atoms with E-state index < -0.39 is 0 Å². The molecule has 0 saturated carbocycles. The molecule has 1 N–H and O–H groups in total. The Labute approximate surface area is 161 Å². The third-order valence-electron chi connectivity index (χ3n) is 4.91. The number of thioether (sulfide) groups is 1. The minimum atomic E-state index is 0.114. The van der Waals surface area contributed by atoms with Crippen molar-refractivity contribution in [3.63, 3.8) is 0 Å². The standard InChI is InChI=1S/C24H17NOS/c1-15-11-12-21-19(13-15)24(26)22(27-21)14-18-17-9-5-6-10-20(17)25-23(18)16-7-3-2-4-8-16/h2-14,25H,1H3/b22-14-. The Morgan fingerprint density at radius 1 is 0.926 bits per heavy atom. The van der Waals surface area contributed by atoms with Crippen molar-refractivity contribution in [2.75, 3.05) is 0 Å². The van der Waals surface area contributed by atoms with Crippen molar-refractivity contribution in [3.8, 4) is 11.3 Å². The average Bonchev–Trinajstić information content (AvgIpc) is 3.21. The first-order valence-corrected chi connectivity index (χ1v) is 9.73. The van der Waals surface area contributed by atoms with Crippen LogP contribution in [0.15, 0.2) is 82.6 Å². The van der Waals surface area contributed by atoms with Crippen molar-refractivity contribution in [2.45, 2.75) is 11.8 Å². The molecule has 1 aromatic heterocycles. The molecular weight excluding hydrogens is 350 g/mol. The van der Waals surface area contributed by atoms with Crippen LogP contribution in [0, 0.1) is 6.92 Å². The van der Waals surface area contributed by atoms with Crippen molar-refractivity contribution in [2.24, 2.45) is 0 Å². The Balaban J connectivity index is 1.70. The van der Waals surface area contributed by atoms with E-state index in [1.165, 1.54) is 0 Å². The van der Waals surface area contributed by atoms with Crippen LogP contribution in [0.4, 0.5) is 0 Å². The molecule has 3 heteroatoms. The predicted molar refractivity (Wildman–Crippen MR) is 113 cm³/mol. The van der Waals surface area contributed by atoms with Crippen molar-refractivity contribution >= 4 is 34.5 Å². The number of hydrogen-bond acceptors (Lipinski definition) is 2. The number of hydrogen-bond donors (Lipinski definition) is 1. The molecule has 0 radical (unpaired) electrons. The number of carbonyl (C=O) groups excluding carboxylic acids is 1. The number of rotatable bonds is 2. The summed E-state index contributed by atoms with van der Waals surface area (Å²) in [6.45, 7) is 2.02. The maximum absolute atomic E-state index is 13.0. The predicted octanol–water partition coefficient (Wildman–Crippen LogP) is 6.47. The number of aromatic amines is 1. The molecule has 0 fully saturated rings. The number of aromatic nitrogens is 1. The average molecular weight is 367 g/mol. The van der Waals surface area contributed by atoms with Gasteiger partial charge in [0, 0.05) is 26.9 Å². The third kappa shape index (κ3) is 2.71. The third-order valence-corrected chi connectivity index (χ3v) is 6.01. The topological polar surface area (TPSA) is 32.9 Å². The van der Waals surface area contributed by atoms with Gasteiger partial charge in [0.2, 0.25) is 5.78 Å². The van der Waals surface area contributed by atoms with Gasteiger partial charge < -0.3 is 4.98 Å². The number of carbonyl (C=O) groups is 1. The van der Waals surface area contributed by atoms with Gasteiger partial charge in [-0.15, -0.1) is 0 Å². The molecule has 0 spiro atoms. The summed E-state index contributed by atoms with van der Waals surface area (Å²) < 4.78 is 0. The van der Waals surface area contributed by atoms with Gasteiger partial charge in [-0.2, -0.15) is 0 Å². The number of ketones is 1. The molecule has 0 saturated heterocycles. The second kappa shape index (κ2) is 6.29. The monoisotopic (exact) mass is 367 g/mol. The fourth-order valence-corrected chi connectivity index (χ4v) is 4.59. The molecule has 5 rings (SSSR count). The molecule has 3 aromatic carbocycles. The van der Waals surface area contributed by atoms with Gasteiger partial charge in [0.05, 0.1) is 10.6 Å². The van der Waals surface area contributed by atoms with Crippen LogP contribution >= 0.6 is 11.8 Å². The fraction of sp³-hybridized carbons (Fsp3) is 0.0417. The lowest BCUT2D eigenvalue weighted by atomic mass is 10.0. The Bertz CT molecular complexity index is 1220. The highest BCUT2D eigenvalue weighted by Crippen LogP contribution is 2.43. The molecule has 27 heavy (non-hydrogen) atoms. The first-order valence-electron chi connectivity index (χ1n) is 8.92. The van der Waals surface area contributed by atoms with E-state index >= 15 is 0 Å². The van der Waals surface area contributed by atoms with E-state index in [9.17, 15) is 4.79 Å². The molecular formula is C24H17NOS. The maximum Gasteiger partial charge on any atom is 0.200 e. The van der Waals surface area contributed by atoms with Crippen LogP contribution in [0.2, 0.25) is 0 Å². The first-order chi connectivity index (χ1) is 13.2. The quantitative estimate of drug-likeness (QED) is 0.412. The first kappa shape index (κ1) is 16.2. The Morgan fingerprint density at radius 3 is 2.56 bits per heavy atom. The normalized spacial score (nSPS) is 14.9. The fourth-order valence-electron chi connectivity index (χ4n) is 3.58. The van der Waals surface area contributed by atoms with Gasteiger partial charge in [-0.1, -0.05) is 71.9 Å². The summed E-state index contributed by atoms with van der Waals surface area (Å²) in [5.41, 5.74) is 6.23. The largest absolute Gasteiger partial charge is 0.354 e. The minimum Gasteiger partial charge on any atom is -0.354 e. The van der Waals surface area contributed by atoms with Crippen molar-refractivity contribution in [3.05, 3.63) is 94.4 Å². The lowest BCUT2D eigenvalue weighted by Crippen LogP contribution is -1.94. The number of aryl methyl sites for hydroxylation is 1. The van der Waals surface area contributed by atoms with Gasteiger partial charge in [0.25, 0.3) is 0 Å². The number of fused-ring (bicyclic) bond motifs is 2. The van der Waals surface area contributed by atoms with E-state index in [1.54, 1.807) is 11.8 Å². The minimum absolute atomic E-state index is 0.114. The van der Waals surface area contributed by atoms with Crippen LogP contribution < -0.4 is 0 Å². The van der Waals surface area contributed by atoms with E-state index in [1.807, 2.05) is 55.5 Å². The van der Waals surface area contributed by atoms with Crippen molar-refractivity contribution < 1.29 is 4.79 Å². The van der Waals surface area contributed by atoms with E-state index in [2.05, 4.69) is 35.3 Å². The maximum atomic E-state index is 13.0. The summed E-state index contributed by atoms with van der Waals surface area (Å²) in [6.07, 6.45) is 2.05. The van der Waals surface area contributed by atoms with E-state index in [-0.39, 0.29) is 5.78 Å². The number of nitrogens with one attached hydrogen (secondary N) is 1. The Morgan fingerprint density at radius 2 is 1.70 bits per heavy atom. The number of allylic oxidation sites excluding steroid dienone is 1. The van der Waals surface area contributed by atoms with Crippen LogP contribution in [-0.2, 0) is 0 Å². The molecule has 0 aliphatic carbocycles.